The number of unbranched alkanes of at least 4 members (excludes halogenated alkanes) is 28. The summed E-state index contributed by atoms with van der Waals surface area (Å²) in [5.74, 6) is -0.805. The number of phosphoric ester groups is 1. The first-order chi connectivity index (χ1) is 41.0. The fourth-order valence-electron chi connectivity index (χ4n) is 9.24. The van der Waals surface area contributed by atoms with E-state index in [1.807, 2.05) is 21.1 Å². The second-order valence-electron chi connectivity index (χ2n) is 23.8. The number of allylic oxidation sites excluding steroid dienone is 20. The number of hydrogen-bond donors (Lipinski definition) is 1. The van der Waals surface area contributed by atoms with Gasteiger partial charge in [-0.2, -0.15) is 0 Å². The van der Waals surface area contributed by atoms with Crippen molar-refractivity contribution in [2.24, 2.45) is 0 Å². The number of phosphoric acid groups is 1. The number of ether oxygens (including phenoxy) is 2. The molecule has 0 heterocycles. The normalized spacial score (nSPS) is 13.9. The van der Waals surface area contributed by atoms with E-state index in [0.717, 1.165) is 103 Å². The molecular weight excluding hydrogens is 1060 g/mol. The summed E-state index contributed by atoms with van der Waals surface area (Å²) < 4.78 is 34.7. The molecule has 0 aromatic carbocycles. The molecule has 2 atom stereocenters. The number of esters is 2. The van der Waals surface area contributed by atoms with Crippen LogP contribution in [0.4, 0.5) is 0 Å². The second-order valence-corrected chi connectivity index (χ2v) is 25.3. The third-order valence-corrected chi connectivity index (χ3v) is 15.5. The molecule has 0 rings (SSSR count). The minimum Gasteiger partial charge on any atom is -0.462 e. The average molecular weight is 1190 g/mol. The minimum absolute atomic E-state index is 0.0251. The number of carbonyl (C=O) groups is 2. The Morgan fingerprint density at radius 1 is 0.381 bits per heavy atom. The highest BCUT2D eigenvalue weighted by atomic mass is 31.2. The van der Waals surface area contributed by atoms with Gasteiger partial charge >= 0.3 is 19.8 Å². The van der Waals surface area contributed by atoms with Crippen molar-refractivity contribution in [2.75, 3.05) is 47.5 Å². The highest BCUT2D eigenvalue weighted by Gasteiger charge is 2.27. The van der Waals surface area contributed by atoms with E-state index in [-0.39, 0.29) is 32.0 Å². The summed E-state index contributed by atoms with van der Waals surface area (Å²) in [5, 5.41) is 0. The third kappa shape index (κ3) is 67.5. The molecule has 0 aromatic rings. The molecule has 1 N–H and O–H groups in total. The number of rotatable bonds is 62. The summed E-state index contributed by atoms with van der Waals surface area (Å²) >= 11 is 0. The smallest absolute Gasteiger partial charge is 0.462 e. The molecule has 0 spiro atoms. The van der Waals surface area contributed by atoms with Crippen LogP contribution in [-0.4, -0.2) is 74.9 Å². The first kappa shape index (κ1) is 80.4. The van der Waals surface area contributed by atoms with Gasteiger partial charge in [-0.3, -0.25) is 18.6 Å². The van der Waals surface area contributed by atoms with E-state index in [4.69, 9.17) is 18.5 Å². The van der Waals surface area contributed by atoms with Gasteiger partial charge < -0.3 is 18.9 Å². The number of quaternary nitrogens is 1. The Morgan fingerprint density at radius 3 is 1.01 bits per heavy atom. The van der Waals surface area contributed by atoms with Crippen LogP contribution in [0, 0.1) is 0 Å². The predicted octanol–water partition coefficient (Wildman–Crippen LogP) is 22.3. The minimum atomic E-state index is -4.40. The highest BCUT2D eigenvalue weighted by Crippen LogP contribution is 2.43. The maximum absolute atomic E-state index is 12.9. The van der Waals surface area contributed by atoms with Crippen molar-refractivity contribution >= 4 is 19.8 Å². The number of hydrogen-bond acceptors (Lipinski definition) is 7. The Bertz CT molecular complexity index is 1830. The molecule has 0 aromatic heterocycles. The fourth-order valence-corrected chi connectivity index (χ4v) is 9.98. The summed E-state index contributed by atoms with van der Waals surface area (Å²) in [7, 11) is 1.46. The molecule has 0 aliphatic heterocycles. The quantitative estimate of drug-likeness (QED) is 0.0211. The summed E-state index contributed by atoms with van der Waals surface area (Å²) in [6, 6.07) is 0. The van der Waals surface area contributed by atoms with E-state index in [1.165, 1.54) is 148 Å². The van der Waals surface area contributed by atoms with Crippen molar-refractivity contribution in [3.8, 4) is 0 Å². The second kappa shape index (κ2) is 63.9. The summed E-state index contributed by atoms with van der Waals surface area (Å²) in [6.07, 6.45) is 91.4. The molecular formula is C74H129NO8P+. The van der Waals surface area contributed by atoms with Crippen molar-refractivity contribution in [2.45, 2.75) is 290 Å². The van der Waals surface area contributed by atoms with E-state index in [1.54, 1.807) is 0 Å². The van der Waals surface area contributed by atoms with Gasteiger partial charge in [-0.1, -0.05) is 283 Å². The molecule has 0 saturated carbocycles. The molecule has 0 aliphatic carbocycles. The molecule has 0 bridgehead atoms. The summed E-state index contributed by atoms with van der Waals surface area (Å²) in [4.78, 5) is 35.9. The van der Waals surface area contributed by atoms with Crippen LogP contribution in [0.15, 0.2) is 122 Å². The standard InChI is InChI=1S/C74H128NO8P/c1-6-8-10-12-14-16-18-20-22-24-26-28-30-32-34-36-37-39-41-43-45-47-49-51-53-55-57-59-61-63-65-67-74(77)83-72(71-82-84(78,79)81-69-68-75(3,4)5)70-80-73(76)66-64-62-60-58-56-54-52-50-48-46-44-42-40-38-35-33-31-29-27-25-23-21-19-17-15-13-11-9-7-2/h8,10,14,16,19-22,25-28,31-34,37,39,43,45,72H,6-7,9,11-13,15,17-18,23-24,29-30,35-36,38,40-42,44,46-71H2,1-5H3/p+1/b10-8-,16-14-,21-19-,22-20-,27-25-,28-26-,33-31-,34-32-,39-37-,45-43-. The van der Waals surface area contributed by atoms with E-state index >= 15 is 0 Å². The van der Waals surface area contributed by atoms with Gasteiger partial charge in [-0.25, -0.2) is 4.57 Å². The average Bonchev–Trinajstić information content (AvgIpc) is 3.61. The van der Waals surface area contributed by atoms with Crippen LogP contribution in [0.5, 0.6) is 0 Å². The van der Waals surface area contributed by atoms with Crippen LogP contribution >= 0.6 is 7.82 Å². The van der Waals surface area contributed by atoms with Crippen molar-refractivity contribution in [1.82, 2.24) is 0 Å². The Kier molecular flexibility index (Phi) is 61.2. The highest BCUT2D eigenvalue weighted by molar-refractivity contribution is 7.47. The van der Waals surface area contributed by atoms with Gasteiger partial charge in [0, 0.05) is 12.8 Å². The largest absolute Gasteiger partial charge is 0.472 e. The number of likely N-dealkylation sites (N-methyl/N-ethyl adjacent to an activating group) is 1. The molecule has 0 fully saturated rings. The lowest BCUT2D eigenvalue weighted by Gasteiger charge is -2.24. The zero-order valence-corrected chi connectivity index (χ0v) is 55.7. The van der Waals surface area contributed by atoms with E-state index in [2.05, 4.69) is 135 Å². The SMILES string of the molecule is CC/C=C\C/C=C\C/C=C\C/C=C\C/C=C\C/C=C\C/C=C\CCCCCCCCCCCC(=O)OC(COC(=O)CCCCCCCCCCCCCCCC/C=C\C/C=C\C/C=C\CCCCCCC)COP(=O)(O)OCC[N+](C)(C)C. The van der Waals surface area contributed by atoms with Crippen LogP contribution < -0.4 is 0 Å². The first-order valence-electron chi connectivity index (χ1n) is 34.3. The predicted molar refractivity (Wildman–Crippen MR) is 362 cm³/mol. The molecule has 84 heavy (non-hydrogen) atoms. The molecule has 482 valence electrons. The van der Waals surface area contributed by atoms with Crippen LogP contribution in [0.1, 0.15) is 284 Å². The first-order valence-corrected chi connectivity index (χ1v) is 35.8. The third-order valence-electron chi connectivity index (χ3n) is 14.5. The number of carbonyl (C=O) groups excluding carboxylic acids is 2. The Balaban J connectivity index is 4.12. The molecule has 0 aliphatic rings. The van der Waals surface area contributed by atoms with E-state index in [0.29, 0.717) is 17.4 Å². The van der Waals surface area contributed by atoms with Gasteiger partial charge in [0.2, 0.25) is 0 Å². The van der Waals surface area contributed by atoms with Crippen molar-refractivity contribution in [3.05, 3.63) is 122 Å². The maximum Gasteiger partial charge on any atom is 0.472 e. The van der Waals surface area contributed by atoms with Gasteiger partial charge in [-0.05, 0) is 109 Å². The monoisotopic (exact) mass is 1190 g/mol. The summed E-state index contributed by atoms with van der Waals surface area (Å²) in [5.41, 5.74) is 0. The Hall–Kier alpha value is -3.59. The molecule has 0 radical (unpaired) electrons. The molecule has 2 unspecified atom stereocenters. The zero-order chi connectivity index (χ0) is 61.2. The lowest BCUT2D eigenvalue weighted by Crippen LogP contribution is -2.37. The molecule has 0 saturated heterocycles. The molecule has 10 heteroatoms. The van der Waals surface area contributed by atoms with Gasteiger partial charge in [0.05, 0.1) is 27.7 Å². The van der Waals surface area contributed by atoms with E-state index < -0.39 is 26.5 Å². The van der Waals surface area contributed by atoms with Crippen molar-refractivity contribution in [1.29, 1.82) is 0 Å². The topological polar surface area (TPSA) is 108 Å². The molecule has 0 amide bonds. The van der Waals surface area contributed by atoms with Gasteiger partial charge in [-0.15, -0.1) is 0 Å². The summed E-state index contributed by atoms with van der Waals surface area (Å²) in [6.45, 7) is 4.31. The van der Waals surface area contributed by atoms with Crippen molar-refractivity contribution in [3.63, 3.8) is 0 Å². The van der Waals surface area contributed by atoms with Gasteiger partial charge in [0.1, 0.15) is 19.8 Å². The van der Waals surface area contributed by atoms with Crippen LogP contribution in [-0.2, 0) is 32.7 Å². The van der Waals surface area contributed by atoms with Crippen LogP contribution in [0.3, 0.4) is 0 Å². The fraction of sp³-hybridized carbons (Fsp3) is 0.703. The van der Waals surface area contributed by atoms with Crippen molar-refractivity contribution < 1.29 is 42.1 Å². The van der Waals surface area contributed by atoms with Crippen LogP contribution in [0.25, 0.3) is 0 Å². The van der Waals surface area contributed by atoms with Crippen LogP contribution in [0.2, 0.25) is 0 Å². The Morgan fingerprint density at radius 2 is 0.679 bits per heavy atom. The van der Waals surface area contributed by atoms with E-state index in [9.17, 15) is 19.0 Å². The molecule has 9 nitrogen and oxygen atoms in total. The maximum atomic E-state index is 12.9. The number of nitrogens with zero attached hydrogens (tertiary/aromatic N) is 1. The zero-order valence-electron chi connectivity index (χ0n) is 54.9. The lowest BCUT2D eigenvalue weighted by molar-refractivity contribution is -0.870. The Labute approximate surface area is 518 Å². The van der Waals surface area contributed by atoms with Gasteiger partial charge in [0.25, 0.3) is 0 Å². The lowest BCUT2D eigenvalue weighted by atomic mass is 10.0. The van der Waals surface area contributed by atoms with Gasteiger partial charge in [0.15, 0.2) is 6.10 Å².